The molecule has 0 aliphatic carbocycles. The Morgan fingerprint density at radius 2 is 2.17 bits per heavy atom. The second-order valence-electron chi connectivity index (χ2n) is 2.44. The van der Waals surface area contributed by atoms with Crippen molar-refractivity contribution in [1.82, 2.24) is 5.32 Å². The average molecular weight is 169 g/mol. The number of hydrogen-bond donors (Lipinski definition) is 1. The number of nitrogens with one attached hydrogen (secondary N) is 1. The maximum atomic E-state index is 10.9. The summed E-state index contributed by atoms with van der Waals surface area (Å²) in [7, 11) is 0. The maximum absolute atomic E-state index is 10.9. The third-order valence-corrected chi connectivity index (χ3v) is 1.59. The molecule has 0 heterocycles. The molecule has 0 atom stereocenters. The summed E-state index contributed by atoms with van der Waals surface area (Å²) < 4.78 is 4.64. The minimum Gasteiger partial charge on any atom is -0.436 e. The van der Waals surface area contributed by atoms with E-state index in [1.54, 1.807) is 0 Å². The number of carbonyl (C=O) groups is 1. The minimum atomic E-state index is -0.429. The van der Waals surface area contributed by atoms with E-state index in [4.69, 9.17) is 6.42 Å². The van der Waals surface area contributed by atoms with Gasteiger partial charge in [0, 0.05) is 6.04 Å². The third-order valence-electron chi connectivity index (χ3n) is 1.59. The molecule has 0 aliphatic rings. The highest BCUT2D eigenvalue weighted by Gasteiger charge is 2.07. The highest BCUT2D eigenvalue weighted by molar-refractivity contribution is 5.67. The van der Waals surface area contributed by atoms with Crippen LogP contribution >= 0.6 is 0 Å². The zero-order valence-corrected chi connectivity index (χ0v) is 7.59. The van der Waals surface area contributed by atoms with Crippen LogP contribution in [0.5, 0.6) is 0 Å². The van der Waals surface area contributed by atoms with Crippen molar-refractivity contribution >= 4 is 6.09 Å². The van der Waals surface area contributed by atoms with Gasteiger partial charge < -0.3 is 10.1 Å². The molecule has 1 amide bonds. The molecule has 0 saturated carbocycles. The van der Waals surface area contributed by atoms with Gasteiger partial charge in [0.05, 0.1) is 0 Å². The second-order valence-corrected chi connectivity index (χ2v) is 2.44. The number of amides is 1. The van der Waals surface area contributed by atoms with Crippen molar-refractivity contribution in [3.05, 3.63) is 0 Å². The molecule has 68 valence electrons. The maximum Gasteiger partial charge on any atom is 0.408 e. The Morgan fingerprint density at radius 3 is 2.58 bits per heavy atom. The Labute approximate surface area is 73.5 Å². The zero-order chi connectivity index (χ0) is 9.40. The monoisotopic (exact) mass is 169 g/mol. The zero-order valence-electron chi connectivity index (χ0n) is 7.59. The number of ether oxygens (including phenoxy) is 1. The molecule has 0 saturated heterocycles. The van der Waals surface area contributed by atoms with Crippen molar-refractivity contribution in [1.29, 1.82) is 0 Å². The van der Waals surface area contributed by atoms with Gasteiger partial charge in [0.25, 0.3) is 0 Å². The molecule has 0 rings (SSSR count). The average Bonchev–Trinajstić information content (AvgIpc) is 2.10. The smallest absolute Gasteiger partial charge is 0.408 e. The molecule has 3 nitrogen and oxygen atoms in total. The summed E-state index contributed by atoms with van der Waals surface area (Å²) >= 11 is 0. The Kier molecular flexibility index (Phi) is 5.90. The predicted molar refractivity (Wildman–Crippen MR) is 47.7 cm³/mol. The van der Waals surface area contributed by atoms with Crippen molar-refractivity contribution in [3.63, 3.8) is 0 Å². The number of carbonyl (C=O) groups excluding carboxylic acids is 1. The molecule has 0 radical (unpaired) electrons. The van der Waals surface area contributed by atoms with Crippen LogP contribution < -0.4 is 5.32 Å². The van der Waals surface area contributed by atoms with Crippen LogP contribution in [-0.2, 0) is 4.74 Å². The summed E-state index contributed by atoms with van der Waals surface area (Å²) in [6.07, 6.45) is 6.30. The Morgan fingerprint density at radius 1 is 1.58 bits per heavy atom. The van der Waals surface area contributed by atoms with Crippen LogP contribution in [0.1, 0.15) is 26.7 Å². The second kappa shape index (κ2) is 6.53. The first-order chi connectivity index (χ1) is 5.74. The van der Waals surface area contributed by atoms with Crippen molar-refractivity contribution in [3.8, 4) is 12.3 Å². The van der Waals surface area contributed by atoms with E-state index in [1.165, 1.54) is 0 Å². The van der Waals surface area contributed by atoms with E-state index in [0.29, 0.717) is 0 Å². The van der Waals surface area contributed by atoms with Crippen molar-refractivity contribution in [2.24, 2.45) is 0 Å². The van der Waals surface area contributed by atoms with Gasteiger partial charge >= 0.3 is 6.09 Å². The fourth-order valence-electron chi connectivity index (χ4n) is 0.808. The van der Waals surface area contributed by atoms with Gasteiger partial charge in [0.15, 0.2) is 6.61 Å². The van der Waals surface area contributed by atoms with Crippen LogP contribution in [0, 0.1) is 12.3 Å². The van der Waals surface area contributed by atoms with Crippen LogP contribution in [0.15, 0.2) is 0 Å². The van der Waals surface area contributed by atoms with E-state index in [0.717, 1.165) is 12.8 Å². The molecule has 12 heavy (non-hydrogen) atoms. The van der Waals surface area contributed by atoms with E-state index < -0.39 is 6.09 Å². The van der Waals surface area contributed by atoms with Crippen molar-refractivity contribution < 1.29 is 9.53 Å². The Hall–Kier alpha value is -1.17. The van der Waals surface area contributed by atoms with Gasteiger partial charge in [-0.25, -0.2) is 4.79 Å². The van der Waals surface area contributed by atoms with Gasteiger partial charge in [-0.15, -0.1) is 6.42 Å². The van der Waals surface area contributed by atoms with Gasteiger partial charge in [-0.05, 0) is 12.8 Å². The largest absolute Gasteiger partial charge is 0.436 e. The summed E-state index contributed by atoms with van der Waals surface area (Å²) in [6, 6.07) is 0.190. The number of terminal acetylenes is 1. The van der Waals surface area contributed by atoms with E-state index in [-0.39, 0.29) is 12.6 Å². The standard InChI is InChI=1S/C9H15NO2/c1-4-7-12-9(11)10-8(5-2)6-3/h1,8H,5-7H2,2-3H3,(H,10,11). The normalized spacial score (nSPS) is 9.17. The summed E-state index contributed by atoms with van der Waals surface area (Å²) in [6.45, 7) is 4.05. The van der Waals surface area contributed by atoms with E-state index in [2.05, 4.69) is 16.0 Å². The third kappa shape index (κ3) is 4.62. The summed E-state index contributed by atoms with van der Waals surface area (Å²) in [5, 5.41) is 2.69. The summed E-state index contributed by atoms with van der Waals surface area (Å²) in [5.74, 6) is 2.22. The molecule has 0 aromatic carbocycles. The van der Waals surface area contributed by atoms with Crippen LogP contribution in [0.3, 0.4) is 0 Å². The number of alkyl carbamates (subject to hydrolysis) is 1. The summed E-state index contributed by atoms with van der Waals surface area (Å²) in [4.78, 5) is 10.9. The molecule has 0 fully saturated rings. The van der Waals surface area contributed by atoms with Crippen molar-refractivity contribution in [2.75, 3.05) is 6.61 Å². The lowest BCUT2D eigenvalue weighted by Gasteiger charge is -2.13. The van der Waals surface area contributed by atoms with Crippen LogP contribution in [0.4, 0.5) is 4.79 Å². The van der Waals surface area contributed by atoms with Crippen LogP contribution in [0.2, 0.25) is 0 Å². The highest BCUT2D eigenvalue weighted by atomic mass is 16.5. The summed E-state index contributed by atoms with van der Waals surface area (Å²) in [5.41, 5.74) is 0. The number of rotatable bonds is 4. The first-order valence-electron chi connectivity index (χ1n) is 4.11. The molecule has 0 aromatic heterocycles. The molecule has 0 spiro atoms. The lowest BCUT2D eigenvalue weighted by molar-refractivity contribution is 0.155. The molecule has 0 aromatic rings. The molecule has 1 N–H and O–H groups in total. The number of hydrogen-bond acceptors (Lipinski definition) is 2. The van der Waals surface area contributed by atoms with Gasteiger partial charge in [0.1, 0.15) is 0 Å². The molecule has 3 heteroatoms. The molecule has 0 unspecified atom stereocenters. The predicted octanol–water partition coefficient (Wildman–Crippen LogP) is 1.53. The van der Waals surface area contributed by atoms with Crippen molar-refractivity contribution in [2.45, 2.75) is 32.7 Å². The van der Waals surface area contributed by atoms with Crippen LogP contribution in [0.25, 0.3) is 0 Å². The fourth-order valence-corrected chi connectivity index (χ4v) is 0.808. The first kappa shape index (κ1) is 10.8. The Bertz CT molecular complexity index is 168. The quantitative estimate of drug-likeness (QED) is 0.648. The SMILES string of the molecule is C#CCOC(=O)NC(CC)CC. The highest BCUT2D eigenvalue weighted by Crippen LogP contribution is 1.95. The van der Waals surface area contributed by atoms with Crippen LogP contribution in [-0.4, -0.2) is 18.7 Å². The molecule has 0 aliphatic heterocycles. The van der Waals surface area contributed by atoms with E-state index in [9.17, 15) is 4.79 Å². The molecular formula is C9H15NO2. The van der Waals surface area contributed by atoms with Gasteiger partial charge in [-0.2, -0.15) is 0 Å². The molecular weight excluding hydrogens is 154 g/mol. The van der Waals surface area contributed by atoms with Gasteiger partial charge in [0.2, 0.25) is 0 Å². The lowest BCUT2D eigenvalue weighted by Crippen LogP contribution is -2.34. The molecule has 0 bridgehead atoms. The van der Waals surface area contributed by atoms with Gasteiger partial charge in [-0.3, -0.25) is 0 Å². The minimum absolute atomic E-state index is 0.0337. The lowest BCUT2D eigenvalue weighted by atomic mass is 10.2. The fraction of sp³-hybridized carbons (Fsp3) is 0.667. The first-order valence-corrected chi connectivity index (χ1v) is 4.11. The van der Waals surface area contributed by atoms with E-state index >= 15 is 0 Å². The van der Waals surface area contributed by atoms with E-state index in [1.807, 2.05) is 13.8 Å². The topological polar surface area (TPSA) is 38.3 Å². The van der Waals surface area contributed by atoms with Gasteiger partial charge in [-0.1, -0.05) is 19.8 Å². The Balaban J connectivity index is 3.60.